The molecule has 6 heteroatoms. The number of methoxy groups -OCH3 is 1. The Morgan fingerprint density at radius 3 is 2.72 bits per heavy atom. The summed E-state index contributed by atoms with van der Waals surface area (Å²) >= 11 is 0. The predicted octanol–water partition coefficient (Wildman–Crippen LogP) is 6.41. The first-order valence-corrected chi connectivity index (χ1v) is 12.2. The molecule has 0 fully saturated rings. The van der Waals surface area contributed by atoms with Crippen LogP contribution in [0.4, 0.5) is 15.8 Å². The summed E-state index contributed by atoms with van der Waals surface area (Å²) in [6, 6.07) is 27.0. The number of rotatable bonds is 7. The summed E-state index contributed by atoms with van der Waals surface area (Å²) in [5.41, 5.74) is 3.12. The molecule has 4 aromatic rings. The van der Waals surface area contributed by atoms with Crippen molar-refractivity contribution in [3.05, 3.63) is 102 Å². The molecule has 0 saturated carbocycles. The Morgan fingerprint density at radius 2 is 1.86 bits per heavy atom. The molecule has 4 aromatic carbocycles. The van der Waals surface area contributed by atoms with E-state index in [9.17, 15) is 9.18 Å². The van der Waals surface area contributed by atoms with Gasteiger partial charge in [0.2, 0.25) is 0 Å². The van der Waals surface area contributed by atoms with Gasteiger partial charge in [-0.2, -0.15) is 0 Å². The first kappa shape index (κ1) is 23.8. The van der Waals surface area contributed by atoms with Gasteiger partial charge < -0.3 is 19.7 Å². The molecule has 1 N–H and O–H groups in total. The van der Waals surface area contributed by atoms with Crippen molar-refractivity contribution in [2.24, 2.45) is 0 Å². The smallest absolute Gasteiger partial charge is 0.337 e. The minimum Gasteiger partial charge on any atom is -0.483 e. The number of para-hydroxylation sites is 1. The topological polar surface area (TPSA) is 50.8 Å². The average Bonchev–Trinajstić information content (AvgIpc) is 2.92. The van der Waals surface area contributed by atoms with Gasteiger partial charge in [0, 0.05) is 11.7 Å². The first-order valence-electron chi connectivity index (χ1n) is 12.2. The molecule has 5 rings (SSSR count). The lowest BCUT2D eigenvalue weighted by Crippen LogP contribution is -2.39. The normalized spacial score (nSPS) is 15.8. The van der Waals surface area contributed by atoms with Crippen LogP contribution in [0.25, 0.3) is 10.8 Å². The quantitative estimate of drug-likeness (QED) is 0.308. The van der Waals surface area contributed by atoms with E-state index in [-0.39, 0.29) is 17.9 Å². The van der Waals surface area contributed by atoms with Gasteiger partial charge in [-0.05, 0) is 66.6 Å². The third-order valence-corrected chi connectivity index (χ3v) is 6.69. The van der Waals surface area contributed by atoms with E-state index in [1.165, 1.54) is 29.5 Å². The van der Waals surface area contributed by atoms with Crippen LogP contribution in [-0.2, 0) is 4.74 Å². The van der Waals surface area contributed by atoms with Crippen LogP contribution in [0.15, 0.2) is 84.9 Å². The summed E-state index contributed by atoms with van der Waals surface area (Å²) in [5, 5.41) is 6.07. The van der Waals surface area contributed by atoms with Crippen molar-refractivity contribution in [3.8, 4) is 5.75 Å². The summed E-state index contributed by atoms with van der Waals surface area (Å²) in [6.07, 6.45) is 0.458. The summed E-state index contributed by atoms with van der Waals surface area (Å²) in [6.45, 7) is 3.39. The van der Waals surface area contributed by atoms with E-state index in [0.717, 1.165) is 5.69 Å². The van der Waals surface area contributed by atoms with E-state index >= 15 is 0 Å². The summed E-state index contributed by atoms with van der Waals surface area (Å²) in [4.78, 5) is 14.1. The molecule has 36 heavy (non-hydrogen) atoms. The fourth-order valence-electron chi connectivity index (χ4n) is 4.84. The highest BCUT2D eigenvalue weighted by atomic mass is 19.1. The van der Waals surface area contributed by atoms with E-state index in [0.29, 0.717) is 30.8 Å². The van der Waals surface area contributed by atoms with Crippen molar-refractivity contribution in [2.45, 2.75) is 25.5 Å². The molecule has 1 unspecified atom stereocenters. The monoisotopic (exact) mass is 484 g/mol. The van der Waals surface area contributed by atoms with Gasteiger partial charge in [-0.1, -0.05) is 54.6 Å². The van der Waals surface area contributed by atoms with Crippen LogP contribution in [-0.4, -0.2) is 32.3 Å². The number of ether oxygens (including phenoxy) is 2. The zero-order valence-electron chi connectivity index (χ0n) is 20.4. The van der Waals surface area contributed by atoms with Gasteiger partial charge in [0.15, 0.2) is 11.6 Å². The molecular formula is C30H29FN2O3. The lowest BCUT2D eigenvalue weighted by molar-refractivity contribution is 0.0600. The molecule has 0 amide bonds. The molecule has 1 aliphatic rings. The van der Waals surface area contributed by atoms with Crippen LogP contribution in [0, 0.1) is 5.82 Å². The average molecular weight is 485 g/mol. The number of nitrogens with zero attached hydrogens (tertiary/aromatic N) is 1. The number of hydrogen-bond donors (Lipinski definition) is 1. The largest absolute Gasteiger partial charge is 0.483 e. The highest BCUT2D eigenvalue weighted by Gasteiger charge is 2.29. The molecule has 0 radical (unpaired) electrons. The van der Waals surface area contributed by atoms with Crippen molar-refractivity contribution in [3.63, 3.8) is 0 Å². The SMILES string of the molecule is COC(=O)c1cccc(N2CC(CCN[C@H](C)c3cccc4ccccc34)Oc3c(F)cccc32)c1. The molecule has 0 aromatic heterocycles. The molecule has 1 heterocycles. The van der Waals surface area contributed by atoms with Crippen LogP contribution in [0.3, 0.4) is 0 Å². The van der Waals surface area contributed by atoms with Crippen LogP contribution in [0.1, 0.15) is 35.3 Å². The fraction of sp³-hybridized carbons (Fsp3) is 0.233. The summed E-state index contributed by atoms with van der Waals surface area (Å²) in [7, 11) is 1.36. The number of halogens is 1. The number of carbonyl (C=O) groups excluding carboxylic acids is 1. The number of carbonyl (C=O) groups is 1. The van der Waals surface area contributed by atoms with E-state index in [1.807, 2.05) is 23.1 Å². The van der Waals surface area contributed by atoms with Gasteiger partial charge in [0.25, 0.3) is 0 Å². The third-order valence-electron chi connectivity index (χ3n) is 6.69. The van der Waals surface area contributed by atoms with Gasteiger partial charge in [-0.15, -0.1) is 0 Å². The van der Waals surface area contributed by atoms with Crippen molar-refractivity contribution in [2.75, 3.05) is 25.1 Å². The second-order valence-electron chi connectivity index (χ2n) is 9.01. The molecular weight excluding hydrogens is 455 g/mol. The molecule has 0 spiro atoms. The number of hydrogen-bond acceptors (Lipinski definition) is 5. The Bertz CT molecular complexity index is 1380. The van der Waals surface area contributed by atoms with Gasteiger partial charge >= 0.3 is 5.97 Å². The van der Waals surface area contributed by atoms with Gasteiger partial charge in [-0.3, -0.25) is 0 Å². The summed E-state index contributed by atoms with van der Waals surface area (Å²) < 4.78 is 25.8. The lowest BCUT2D eigenvalue weighted by Gasteiger charge is -2.36. The van der Waals surface area contributed by atoms with Gasteiger partial charge in [-0.25, -0.2) is 9.18 Å². The predicted molar refractivity (Wildman–Crippen MR) is 141 cm³/mol. The fourth-order valence-corrected chi connectivity index (χ4v) is 4.84. The second kappa shape index (κ2) is 10.4. The number of fused-ring (bicyclic) bond motifs is 2. The highest BCUT2D eigenvalue weighted by Crippen LogP contribution is 2.40. The zero-order chi connectivity index (χ0) is 25.1. The van der Waals surface area contributed by atoms with E-state index < -0.39 is 11.8 Å². The van der Waals surface area contributed by atoms with Crippen molar-refractivity contribution >= 4 is 28.1 Å². The maximum absolute atomic E-state index is 14.8. The number of nitrogens with one attached hydrogen (secondary N) is 1. The Morgan fingerprint density at radius 1 is 1.08 bits per heavy atom. The van der Waals surface area contributed by atoms with Crippen molar-refractivity contribution in [1.82, 2.24) is 5.32 Å². The second-order valence-corrected chi connectivity index (χ2v) is 9.01. The maximum atomic E-state index is 14.8. The Hall–Kier alpha value is -3.90. The minimum absolute atomic E-state index is 0.150. The lowest BCUT2D eigenvalue weighted by atomic mass is 9.99. The van der Waals surface area contributed by atoms with Gasteiger partial charge in [0.05, 0.1) is 24.9 Å². The van der Waals surface area contributed by atoms with Crippen LogP contribution in [0.5, 0.6) is 5.75 Å². The molecule has 2 atom stereocenters. The number of benzene rings is 4. The molecule has 0 aliphatic carbocycles. The Labute approximate surface area is 210 Å². The number of anilines is 2. The Balaban J connectivity index is 1.33. The molecule has 184 valence electrons. The van der Waals surface area contributed by atoms with Crippen LogP contribution >= 0.6 is 0 Å². The highest BCUT2D eigenvalue weighted by molar-refractivity contribution is 5.91. The van der Waals surface area contributed by atoms with Gasteiger partial charge in [0.1, 0.15) is 6.10 Å². The maximum Gasteiger partial charge on any atom is 0.337 e. The van der Waals surface area contributed by atoms with Crippen LogP contribution < -0.4 is 15.0 Å². The third kappa shape index (κ3) is 4.77. The molecule has 0 saturated heterocycles. The first-order chi connectivity index (χ1) is 17.5. The van der Waals surface area contributed by atoms with Crippen LogP contribution in [0.2, 0.25) is 0 Å². The zero-order valence-corrected chi connectivity index (χ0v) is 20.4. The number of esters is 1. The Kier molecular flexibility index (Phi) is 6.87. The van der Waals surface area contributed by atoms with E-state index in [4.69, 9.17) is 9.47 Å². The molecule has 5 nitrogen and oxygen atoms in total. The summed E-state index contributed by atoms with van der Waals surface area (Å²) in [5.74, 6) is -0.574. The van der Waals surface area contributed by atoms with Crippen molar-refractivity contribution in [1.29, 1.82) is 0 Å². The molecule has 1 aliphatic heterocycles. The standard InChI is InChI=1S/C30H29FN2O3/c1-20(25-13-6-9-21-8-3-4-12-26(21)25)32-17-16-24-19-33(28-15-7-14-27(31)29(28)36-24)23-11-5-10-22(18-23)30(34)35-2/h3-15,18,20,24,32H,16-17,19H2,1-2H3/t20-,24?/m1/s1. The van der Waals surface area contributed by atoms with E-state index in [1.54, 1.807) is 24.3 Å². The molecule has 0 bridgehead atoms. The van der Waals surface area contributed by atoms with E-state index in [2.05, 4.69) is 48.6 Å². The van der Waals surface area contributed by atoms with Crippen molar-refractivity contribution < 1.29 is 18.7 Å². The minimum atomic E-state index is -0.409.